The van der Waals surface area contributed by atoms with Crippen LogP contribution in [0.2, 0.25) is 0 Å². The predicted molar refractivity (Wildman–Crippen MR) is 91.1 cm³/mol. The van der Waals surface area contributed by atoms with E-state index < -0.39 is 0 Å². The zero-order chi connectivity index (χ0) is 15.4. The van der Waals surface area contributed by atoms with E-state index in [0.717, 1.165) is 48.6 Å². The lowest BCUT2D eigenvalue weighted by molar-refractivity contribution is 0.0543. The summed E-state index contributed by atoms with van der Waals surface area (Å²) < 4.78 is 6.68. The second-order valence-corrected chi connectivity index (χ2v) is 6.71. The van der Waals surface area contributed by atoms with Crippen molar-refractivity contribution in [2.75, 3.05) is 25.1 Å². The van der Waals surface area contributed by atoms with Crippen molar-refractivity contribution in [3.63, 3.8) is 0 Å². The summed E-state index contributed by atoms with van der Waals surface area (Å²) in [6.45, 7) is 4.40. The van der Waals surface area contributed by atoms with E-state index in [2.05, 4.69) is 55.5 Å². The summed E-state index contributed by atoms with van der Waals surface area (Å²) >= 11 is 3.51. The van der Waals surface area contributed by atoms with Gasteiger partial charge in [0.25, 0.3) is 0 Å². The lowest BCUT2D eigenvalue weighted by Crippen LogP contribution is -2.40. The minimum absolute atomic E-state index is 0.0877. The Balaban J connectivity index is 1.81. The van der Waals surface area contributed by atoms with Gasteiger partial charge in [0.1, 0.15) is 5.82 Å². The van der Waals surface area contributed by atoms with Gasteiger partial charge in [-0.25, -0.2) is 4.98 Å². The average Bonchev–Trinajstić information content (AvgIpc) is 2.55. The van der Waals surface area contributed by atoms with E-state index in [0.29, 0.717) is 0 Å². The minimum Gasteiger partial charge on any atom is -0.381 e. The van der Waals surface area contributed by atoms with Crippen molar-refractivity contribution in [3.8, 4) is 0 Å². The first-order valence-corrected chi connectivity index (χ1v) is 8.34. The summed E-state index contributed by atoms with van der Waals surface area (Å²) in [7, 11) is 0. The van der Waals surface area contributed by atoms with Crippen molar-refractivity contribution < 1.29 is 4.74 Å². The van der Waals surface area contributed by atoms with Crippen molar-refractivity contribution in [2.24, 2.45) is 0 Å². The molecule has 1 aromatic heterocycles. The SMILES string of the molecule is Cc1cncc(NCC2(c3ccc(Br)cc3)CCOCC2)n1. The molecule has 0 bridgehead atoms. The Morgan fingerprint density at radius 1 is 1.18 bits per heavy atom. The number of ether oxygens (including phenoxy) is 1. The highest BCUT2D eigenvalue weighted by Gasteiger charge is 2.34. The van der Waals surface area contributed by atoms with Crippen LogP contribution in [0, 0.1) is 6.92 Å². The number of nitrogens with zero attached hydrogens (tertiary/aromatic N) is 2. The molecule has 1 aliphatic rings. The van der Waals surface area contributed by atoms with Crippen LogP contribution < -0.4 is 5.32 Å². The van der Waals surface area contributed by atoms with Crippen LogP contribution >= 0.6 is 15.9 Å². The molecule has 0 atom stereocenters. The first-order chi connectivity index (χ1) is 10.7. The lowest BCUT2D eigenvalue weighted by atomic mass is 9.74. The molecule has 0 radical (unpaired) electrons. The van der Waals surface area contributed by atoms with Crippen LogP contribution in [-0.2, 0) is 10.2 Å². The molecule has 1 aliphatic heterocycles. The summed E-state index contributed by atoms with van der Waals surface area (Å²) in [5.74, 6) is 0.836. The Hall–Kier alpha value is -1.46. The number of anilines is 1. The van der Waals surface area contributed by atoms with Crippen LogP contribution in [0.1, 0.15) is 24.1 Å². The van der Waals surface area contributed by atoms with E-state index in [1.807, 2.05) is 6.92 Å². The Morgan fingerprint density at radius 3 is 2.59 bits per heavy atom. The second kappa shape index (κ2) is 6.75. The van der Waals surface area contributed by atoms with Gasteiger partial charge in [-0.1, -0.05) is 28.1 Å². The molecule has 4 nitrogen and oxygen atoms in total. The van der Waals surface area contributed by atoms with Gasteiger partial charge in [0.2, 0.25) is 0 Å². The molecule has 5 heteroatoms. The number of rotatable bonds is 4. The Bertz CT molecular complexity index is 624. The summed E-state index contributed by atoms with van der Waals surface area (Å²) in [5, 5.41) is 3.47. The number of aryl methyl sites for hydroxylation is 1. The summed E-state index contributed by atoms with van der Waals surface area (Å²) in [6.07, 6.45) is 5.58. The first-order valence-electron chi connectivity index (χ1n) is 7.54. The topological polar surface area (TPSA) is 47.0 Å². The predicted octanol–water partition coefficient (Wildman–Crippen LogP) is 3.71. The van der Waals surface area contributed by atoms with Gasteiger partial charge < -0.3 is 10.1 Å². The zero-order valence-corrected chi connectivity index (χ0v) is 14.3. The zero-order valence-electron chi connectivity index (χ0n) is 12.7. The van der Waals surface area contributed by atoms with Crippen molar-refractivity contribution in [1.29, 1.82) is 0 Å². The largest absolute Gasteiger partial charge is 0.381 e. The molecule has 0 saturated carbocycles. The van der Waals surface area contributed by atoms with Crippen LogP contribution in [-0.4, -0.2) is 29.7 Å². The molecule has 0 amide bonds. The molecule has 0 spiro atoms. The van der Waals surface area contributed by atoms with Crippen LogP contribution in [0.3, 0.4) is 0 Å². The normalized spacial score (nSPS) is 17.2. The summed E-state index contributed by atoms with van der Waals surface area (Å²) in [6, 6.07) is 8.63. The highest BCUT2D eigenvalue weighted by atomic mass is 79.9. The lowest BCUT2D eigenvalue weighted by Gasteiger charge is -2.38. The molecule has 2 heterocycles. The van der Waals surface area contributed by atoms with Gasteiger partial charge in [0.05, 0.1) is 11.9 Å². The molecule has 1 aromatic carbocycles. The fourth-order valence-corrected chi connectivity index (χ4v) is 3.21. The van der Waals surface area contributed by atoms with Gasteiger partial charge in [-0.05, 0) is 37.5 Å². The van der Waals surface area contributed by atoms with Crippen LogP contribution in [0.4, 0.5) is 5.82 Å². The molecule has 2 aromatic rings. The maximum atomic E-state index is 5.58. The molecule has 0 aliphatic carbocycles. The first kappa shape index (κ1) is 15.4. The maximum absolute atomic E-state index is 5.58. The fourth-order valence-electron chi connectivity index (χ4n) is 2.94. The van der Waals surface area contributed by atoms with E-state index in [1.54, 1.807) is 12.4 Å². The van der Waals surface area contributed by atoms with Crippen LogP contribution in [0.15, 0.2) is 41.1 Å². The van der Waals surface area contributed by atoms with E-state index in [4.69, 9.17) is 4.74 Å². The number of benzene rings is 1. The number of nitrogens with one attached hydrogen (secondary N) is 1. The molecule has 3 rings (SSSR count). The standard InChI is InChI=1S/C17H20BrN3O/c1-13-10-19-11-16(21-13)20-12-17(6-8-22-9-7-17)14-2-4-15(18)5-3-14/h2-5,10-11H,6-9,12H2,1H3,(H,20,21). The molecule has 22 heavy (non-hydrogen) atoms. The number of hydrogen-bond acceptors (Lipinski definition) is 4. The fraction of sp³-hybridized carbons (Fsp3) is 0.412. The van der Waals surface area contributed by atoms with Crippen LogP contribution in [0.5, 0.6) is 0 Å². The molecular weight excluding hydrogens is 342 g/mol. The molecule has 1 N–H and O–H groups in total. The Kier molecular flexibility index (Phi) is 4.74. The van der Waals surface area contributed by atoms with Gasteiger partial charge >= 0.3 is 0 Å². The van der Waals surface area contributed by atoms with Gasteiger partial charge in [0, 0.05) is 35.8 Å². The van der Waals surface area contributed by atoms with Crippen molar-refractivity contribution in [2.45, 2.75) is 25.2 Å². The smallest absolute Gasteiger partial charge is 0.144 e. The van der Waals surface area contributed by atoms with E-state index in [9.17, 15) is 0 Å². The summed E-state index contributed by atoms with van der Waals surface area (Å²) in [5.41, 5.74) is 2.37. The van der Waals surface area contributed by atoms with Crippen molar-refractivity contribution in [3.05, 3.63) is 52.4 Å². The van der Waals surface area contributed by atoms with Gasteiger partial charge in [-0.3, -0.25) is 4.98 Å². The Morgan fingerprint density at radius 2 is 1.91 bits per heavy atom. The molecule has 116 valence electrons. The number of halogens is 1. The van der Waals surface area contributed by atoms with Gasteiger partial charge in [0.15, 0.2) is 0 Å². The quantitative estimate of drug-likeness (QED) is 0.901. The van der Waals surface area contributed by atoms with E-state index in [1.165, 1.54) is 5.56 Å². The highest BCUT2D eigenvalue weighted by Crippen LogP contribution is 2.35. The van der Waals surface area contributed by atoms with Crippen molar-refractivity contribution >= 4 is 21.7 Å². The molecule has 1 saturated heterocycles. The van der Waals surface area contributed by atoms with Crippen LogP contribution in [0.25, 0.3) is 0 Å². The number of hydrogen-bond donors (Lipinski definition) is 1. The van der Waals surface area contributed by atoms with E-state index in [-0.39, 0.29) is 5.41 Å². The monoisotopic (exact) mass is 361 g/mol. The molecular formula is C17H20BrN3O. The van der Waals surface area contributed by atoms with Gasteiger partial charge in [-0.2, -0.15) is 0 Å². The summed E-state index contributed by atoms with van der Waals surface area (Å²) in [4.78, 5) is 8.68. The third kappa shape index (κ3) is 3.47. The minimum atomic E-state index is 0.0877. The average molecular weight is 362 g/mol. The second-order valence-electron chi connectivity index (χ2n) is 5.80. The van der Waals surface area contributed by atoms with E-state index >= 15 is 0 Å². The third-order valence-corrected chi connectivity index (χ3v) is 4.80. The third-order valence-electron chi connectivity index (χ3n) is 4.27. The number of aromatic nitrogens is 2. The van der Waals surface area contributed by atoms with Gasteiger partial charge in [-0.15, -0.1) is 0 Å². The molecule has 0 unspecified atom stereocenters. The van der Waals surface area contributed by atoms with Crippen molar-refractivity contribution in [1.82, 2.24) is 9.97 Å². The maximum Gasteiger partial charge on any atom is 0.144 e. The Labute approximate surface area is 139 Å². The molecule has 1 fully saturated rings. The highest BCUT2D eigenvalue weighted by molar-refractivity contribution is 9.10.